The fourth-order valence-corrected chi connectivity index (χ4v) is 9.13. The number of rotatable bonds is 19. The summed E-state index contributed by atoms with van der Waals surface area (Å²) in [6, 6.07) is 22.9. The second kappa shape index (κ2) is 20.1. The van der Waals surface area contributed by atoms with Crippen LogP contribution in [0.15, 0.2) is 79.0 Å². The molecule has 5 aromatic rings. The largest absolute Gasteiger partial charge is 0.506 e. The van der Waals surface area contributed by atoms with Gasteiger partial charge in [-0.15, -0.1) is 0 Å². The summed E-state index contributed by atoms with van der Waals surface area (Å²) in [6.45, 7) is 13.7. The molecule has 12 nitrogen and oxygen atoms in total. The number of primary amides is 1. The Kier molecular flexibility index (Phi) is 14.8. The van der Waals surface area contributed by atoms with E-state index >= 15 is 0 Å². The minimum Gasteiger partial charge on any atom is -0.506 e. The predicted molar refractivity (Wildman–Crippen MR) is 253 cm³/mol. The molecule has 6 rings (SSSR count). The number of aromatic hydroxyl groups is 1. The summed E-state index contributed by atoms with van der Waals surface area (Å²) >= 11 is 0. The lowest BCUT2D eigenvalue weighted by molar-refractivity contribution is -0.118. The summed E-state index contributed by atoms with van der Waals surface area (Å²) in [6.07, 6.45) is 8.72. The van der Waals surface area contributed by atoms with Gasteiger partial charge in [-0.25, -0.2) is 0 Å². The highest BCUT2D eigenvalue weighted by Gasteiger charge is 2.40. The van der Waals surface area contributed by atoms with Crippen LogP contribution in [0.3, 0.4) is 0 Å². The van der Waals surface area contributed by atoms with Gasteiger partial charge in [-0.3, -0.25) is 19.4 Å². The van der Waals surface area contributed by atoms with Crippen molar-refractivity contribution < 1.29 is 33.4 Å². The van der Waals surface area contributed by atoms with Crippen molar-refractivity contribution >= 4 is 54.0 Å². The molecule has 334 valence electrons. The average Bonchev–Trinajstić information content (AvgIpc) is 3.24. The maximum absolute atomic E-state index is 13.6. The number of aryl methyl sites for hydroxylation is 1. The van der Waals surface area contributed by atoms with E-state index in [4.69, 9.17) is 19.6 Å². The average molecular weight is 874 g/mol. The van der Waals surface area contributed by atoms with Crippen molar-refractivity contribution in [1.29, 1.82) is 0 Å². The number of carbonyl (C=O) groups is 3. The Morgan fingerprint density at radius 3 is 2.44 bits per heavy atom. The number of fused-ring (bicyclic) bond motifs is 2. The maximum atomic E-state index is 13.6. The second-order valence-corrected chi connectivity index (χ2v) is 22.9. The van der Waals surface area contributed by atoms with Crippen LogP contribution < -0.4 is 25.8 Å². The first-order chi connectivity index (χ1) is 29.9. The lowest BCUT2D eigenvalue weighted by Crippen LogP contribution is -2.42. The molecule has 1 aromatic heterocycles. The summed E-state index contributed by atoms with van der Waals surface area (Å²) in [5.41, 5.74) is 13.0. The maximum Gasteiger partial charge on any atom is 0.262 e. The van der Waals surface area contributed by atoms with Gasteiger partial charge in [0.25, 0.3) is 17.7 Å². The number of carbonyl (C=O) groups excluding carboxylic acids is 3. The van der Waals surface area contributed by atoms with Crippen LogP contribution in [0, 0.1) is 6.92 Å². The van der Waals surface area contributed by atoms with Gasteiger partial charge in [0.15, 0.2) is 20.7 Å². The number of phenols is 1. The number of nitrogens with one attached hydrogen (secondary N) is 2. The molecule has 0 radical (unpaired) electrons. The number of amides is 3. The number of unbranched alkanes of at least 4 members (excludes halogenated alkanes) is 5. The minimum absolute atomic E-state index is 0.00629. The van der Waals surface area contributed by atoms with E-state index < -0.39 is 14.2 Å². The number of ether oxygens (including phenoxy) is 2. The van der Waals surface area contributed by atoms with Gasteiger partial charge in [-0.2, -0.15) is 0 Å². The number of benzene rings is 4. The van der Waals surface area contributed by atoms with E-state index in [0.717, 1.165) is 83.8 Å². The van der Waals surface area contributed by atoms with E-state index in [9.17, 15) is 19.5 Å². The molecule has 3 amide bonds. The molecule has 2 heterocycles. The zero-order valence-corrected chi connectivity index (χ0v) is 39.0. The summed E-state index contributed by atoms with van der Waals surface area (Å²) in [5, 5.41) is 17.4. The molecule has 0 spiro atoms. The molecule has 0 saturated heterocycles. The molecule has 13 heteroatoms. The summed E-state index contributed by atoms with van der Waals surface area (Å²) < 4.78 is 18.2. The Morgan fingerprint density at radius 1 is 0.984 bits per heavy atom. The van der Waals surface area contributed by atoms with Crippen LogP contribution in [0.4, 0.5) is 17.1 Å². The molecule has 1 atom stereocenters. The molecule has 0 fully saturated rings. The summed E-state index contributed by atoms with van der Waals surface area (Å²) in [7, 11) is 1.30. The first-order valence-electron chi connectivity index (χ1n) is 21.9. The molecule has 5 N–H and O–H groups in total. The van der Waals surface area contributed by atoms with E-state index in [2.05, 4.69) is 55.5 Å². The Morgan fingerprint density at radius 2 is 1.71 bits per heavy atom. The quantitative estimate of drug-likeness (QED) is 0.0359. The predicted octanol–water partition coefficient (Wildman–Crippen LogP) is 10.6. The number of phenolic OH excluding ortho intramolecular Hbond substituents is 1. The van der Waals surface area contributed by atoms with Gasteiger partial charge in [0.05, 0.1) is 30.0 Å². The van der Waals surface area contributed by atoms with Crippen molar-refractivity contribution in [2.75, 3.05) is 37.9 Å². The van der Waals surface area contributed by atoms with Crippen LogP contribution >= 0.6 is 0 Å². The van der Waals surface area contributed by atoms with Crippen LogP contribution in [0.1, 0.15) is 115 Å². The fraction of sp³-hybridized carbons (Fsp3) is 0.400. The second-order valence-electron chi connectivity index (χ2n) is 18.2. The molecular formula is C50H63N5O7Si. The third-order valence-electron chi connectivity index (χ3n) is 12.3. The number of nitrogens with two attached hydrogens (primary N) is 1. The SMILES string of the molecule is COc1cccc(Nc2c(C(N)=O)cnc3c(C)cc(Cc4cccc(C(=O)N(C)CCCCCCCC[C@H](O[Si](C)(C)C(C)(C)C)c5ccc(O)c6c5OCC(=O)N6)c4)cc23)c1. The highest BCUT2D eigenvalue weighted by Crippen LogP contribution is 2.47. The van der Waals surface area contributed by atoms with Crippen molar-refractivity contribution in [3.63, 3.8) is 0 Å². The van der Waals surface area contributed by atoms with Gasteiger partial charge in [0, 0.05) is 48.1 Å². The first-order valence-corrected chi connectivity index (χ1v) is 24.8. The Hall–Kier alpha value is -5.92. The number of hydrogen-bond acceptors (Lipinski definition) is 9. The van der Waals surface area contributed by atoms with Crippen LogP contribution in [-0.4, -0.2) is 68.3 Å². The normalized spacial score (nSPS) is 13.2. The molecule has 63 heavy (non-hydrogen) atoms. The van der Waals surface area contributed by atoms with Crippen molar-refractivity contribution in [3.05, 3.63) is 112 Å². The molecule has 1 aliphatic heterocycles. The van der Waals surface area contributed by atoms with Crippen LogP contribution in [0.5, 0.6) is 17.2 Å². The number of pyridine rings is 1. The monoisotopic (exact) mass is 873 g/mol. The molecule has 0 unspecified atom stereocenters. The van der Waals surface area contributed by atoms with Gasteiger partial charge >= 0.3 is 0 Å². The standard InChI is InChI=1S/C50H63N5O7Si/c1-32-25-34(28-39-44(32)52-30-40(48(51)58)45(39)53-36-19-16-20-37(29-36)60-6)26-33-17-15-18-35(27-33)49(59)55(5)24-14-12-10-9-11-13-21-42(62-63(7,8)50(2,3)4)38-22-23-41(56)46-47(38)61-31-43(57)54-46/h15-20,22-23,25,27-30,42,56H,9-14,21,24,26,31H2,1-8H3,(H2,51,58)(H,52,53)(H,54,57)/t42-/m0/s1. The smallest absolute Gasteiger partial charge is 0.262 e. The van der Waals surface area contributed by atoms with Gasteiger partial charge in [-0.05, 0) is 103 Å². The summed E-state index contributed by atoms with van der Waals surface area (Å²) in [4.78, 5) is 44.6. The van der Waals surface area contributed by atoms with Crippen molar-refractivity contribution in [2.24, 2.45) is 5.73 Å². The topological polar surface area (TPSA) is 165 Å². The highest BCUT2D eigenvalue weighted by molar-refractivity contribution is 6.74. The molecule has 0 aliphatic carbocycles. The van der Waals surface area contributed by atoms with E-state index in [1.807, 2.05) is 74.6 Å². The molecule has 4 aromatic carbocycles. The van der Waals surface area contributed by atoms with Crippen LogP contribution in [0.2, 0.25) is 18.1 Å². The van der Waals surface area contributed by atoms with Crippen molar-refractivity contribution in [3.8, 4) is 17.2 Å². The van der Waals surface area contributed by atoms with Gasteiger partial charge in [0.2, 0.25) is 0 Å². The Labute approximate surface area is 372 Å². The zero-order valence-electron chi connectivity index (χ0n) is 38.0. The number of nitrogens with zero attached hydrogens (tertiary/aromatic N) is 2. The zero-order chi connectivity index (χ0) is 45.5. The number of methoxy groups -OCH3 is 1. The van der Waals surface area contributed by atoms with Gasteiger partial charge in [0.1, 0.15) is 17.2 Å². The van der Waals surface area contributed by atoms with E-state index in [1.54, 1.807) is 18.1 Å². The Balaban J connectivity index is 1.03. The fourth-order valence-electron chi connectivity index (χ4n) is 7.82. The van der Waals surface area contributed by atoms with E-state index in [0.29, 0.717) is 41.4 Å². The van der Waals surface area contributed by atoms with E-state index in [-0.39, 0.29) is 40.9 Å². The lowest BCUT2D eigenvalue weighted by atomic mass is 9.97. The van der Waals surface area contributed by atoms with Crippen molar-refractivity contribution in [1.82, 2.24) is 9.88 Å². The third-order valence-corrected chi connectivity index (χ3v) is 16.8. The Bertz CT molecular complexity index is 2460. The highest BCUT2D eigenvalue weighted by atomic mass is 28.4. The first kappa shape index (κ1) is 46.6. The molecule has 0 bridgehead atoms. The molecule has 1 aliphatic rings. The number of aromatic nitrogens is 1. The molecule has 0 saturated carbocycles. The van der Waals surface area contributed by atoms with Crippen molar-refractivity contribution in [2.45, 2.75) is 103 Å². The minimum atomic E-state index is -2.16. The van der Waals surface area contributed by atoms with Crippen LogP contribution in [0.25, 0.3) is 10.9 Å². The van der Waals surface area contributed by atoms with Crippen LogP contribution in [-0.2, 0) is 15.6 Å². The van der Waals surface area contributed by atoms with Gasteiger partial charge < -0.3 is 40.3 Å². The van der Waals surface area contributed by atoms with Gasteiger partial charge in [-0.1, -0.05) is 77.1 Å². The number of anilines is 3. The summed E-state index contributed by atoms with van der Waals surface area (Å²) in [5.74, 6) is 0.271. The number of hydrogen-bond donors (Lipinski definition) is 4. The lowest BCUT2D eigenvalue weighted by Gasteiger charge is -2.40. The van der Waals surface area contributed by atoms with E-state index in [1.165, 1.54) is 6.20 Å². The molecular weight excluding hydrogens is 811 g/mol. The third kappa shape index (κ3) is 11.4.